The first kappa shape index (κ1) is 20.6. The Morgan fingerprint density at radius 2 is 1.87 bits per heavy atom. The van der Waals surface area contributed by atoms with Gasteiger partial charge in [-0.15, -0.1) is 0 Å². The summed E-state index contributed by atoms with van der Waals surface area (Å²) in [5.41, 5.74) is 2.80. The van der Waals surface area contributed by atoms with Crippen LogP contribution in [0.2, 0.25) is 0 Å². The van der Waals surface area contributed by atoms with Crippen LogP contribution in [0.4, 0.5) is 0 Å². The maximum Gasteiger partial charge on any atom is 0.254 e. The zero-order valence-corrected chi connectivity index (χ0v) is 17.6. The summed E-state index contributed by atoms with van der Waals surface area (Å²) in [5.74, 6) is 1.78. The number of benzene rings is 1. The Morgan fingerprint density at radius 3 is 2.55 bits per heavy atom. The van der Waals surface area contributed by atoms with Gasteiger partial charge < -0.3 is 19.4 Å². The van der Waals surface area contributed by atoms with Crippen LogP contribution in [-0.2, 0) is 24.1 Å². The molecule has 1 aromatic carbocycles. The Kier molecular flexibility index (Phi) is 5.97. The fourth-order valence-electron chi connectivity index (χ4n) is 3.75. The summed E-state index contributed by atoms with van der Waals surface area (Å²) >= 11 is 0. The third-order valence-corrected chi connectivity index (χ3v) is 5.41. The molecule has 0 saturated carbocycles. The highest BCUT2D eigenvalue weighted by atomic mass is 16.5. The number of hydrogen-bond donors (Lipinski definition) is 1. The molecule has 0 fully saturated rings. The third kappa shape index (κ3) is 4.58. The first-order chi connectivity index (χ1) is 15.1. The van der Waals surface area contributed by atoms with Crippen molar-refractivity contribution >= 4 is 5.91 Å². The lowest BCUT2D eigenvalue weighted by molar-refractivity contribution is -0.130. The smallest absolute Gasteiger partial charge is 0.254 e. The average Bonchev–Trinajstić information content (AvgIpc) is 3.02. The van der Waals surface area contributed by atoms with E-state index >= 15 is 0 Å². The molecule has 31 heavy (non-hydrogen) atoms. The van der Waals surface area contributed by atoms with Crippen molar-refractivity contribution in [3.63, 3.8) is 0 Å². The van der Waals surface area contributed by atoms with Gasteiger partial charge in [0.1, 0.15) is 17.3 Å². The van der Waals surface area contributed by atoms with Crippen molar-refractivity contribution in [2.75, 3.05) is 27.3 Å². The first-order valence-corrected chi connectivity index (χ1v) is 10.1. The van der Waals surface area contributed by atoms with E-state index in [1.165, 1.54) is 0 Å². The summed E-state index contributed by atoms with van der Waals surface area (Å²) in [7, 11) is 3.16. The molecule has 2 aromatic heterocycles. The number of fused-ring (bicyclic) bond motifs is 1. The molecule has 0 saturated heterocycles. The van der Waals surface area contributed by atoms with Crippen molar-refractivity contribution in [1.29, 1.82) is 0 Å². The maximum atomic E-state index is 13.0. The van der Waals surface area contributed by atoms with Gasteiger partial charge in [-0.25, -0.2) is 4.98 Å². The molecule has 1 aliphatic rings. The Labute approximate surface area is 179 Å². The third-order valence-electron chi connectivity index (χ3n) is 5.41. The Morgan fingerprint density at radius 1 is 1.13 bits per heavy atom. The van der Waals surface area contributed by atoms with Crippen molar-refractivity contribution in [1.82, 2.24) is 19.9 Å². The standard InChI is InChI=1S/C23H24N4O4/c1-30-17-10-15(11-18(13-17)31-2)12-21(28)27-8-5-19-20(6-9-27)25-22(26-23(19)29)16-4-3-7-24-14-16/h3-4,7,10-11,13-14H,5-6,8-9,12H2,1-2H3,(H,25,26,29). The molecular formula is C23H24N4O4. The van der Waals surface area contributed by atoms with Crippen LogP contribution >= 0.6 is 0 Å². The molecule has 0 atom stereocenters. The van der Waals surface area contributed by atoms with Crippen molar-refractivity contribution in [3.05, 3.63) is 69.9 Å². The second-order valence-electron chi connectivity index (χ2n) is 7.36. The van der Waals surface area contributed by atoms with Crippen LogP contribution in [0.3, 0.4) is 0 Å². The molecule has 0 aliphatic carbocycles. The minimum absolute atomic E-state index is 0.00739. The number of hydrogen-bond acceptors (Lipinski definition) is 6. The molecular weight excluding hydrogens is 396 g/mol. The highest BCUT2D eigenvalue weighted by molar-refractivity contribution is 5.79. The zero-order valence-electron chi connectivity index (χ0n) is 17.6. The molecule has 3 heterocycles. The normalized spacial score (nSPS) is 13.3. The zero-order chi connectivity index (χ0) is 21.8. The summed E-state index contributed by atoms with van der Waals surface area (Å²) < 4.78 is 10.6. The summed E-state index contributed by atoms with van der Waals surface area (Å²) in [6.45, 7) is 0.986. The number of amides is 1. The van der Waals surface area contributed by atoms with Crippen LogP contribution in [0.1, 0.15) is 16.8 Å². The number of H-pyrrole nitrogens is 1. The number of methoxy groups -OCH3 is 2. The van der Waals surface area contributed by atoms with E-state index in [0.717, 1.165) is 16.8 Å². The number of rotatable bonds is 5. The average molecular weight is 420 g/mol. The van der Waals surface area contributed by atoms with Crippen LogP contribution in [0, 0.1) is 0 Å². The number of nitrogens with zero attached hydrogens (tertiary/aromatic N) is 3. The number of aromatic nitrogens is 3. The van der Waals surface area contributed by atoms with Crippen molar-refractivity contribution < 1.29 is 14.3 Å². The number of pyridine rings is 1. The second-order valence-corrected chi connectivity index (χ2v) is 7.36. The summed E-state index contributed by atoms with van der Waals surface area (Å²) in [5, 5.41) is 0. The van der Waals surface area contributed by atoms with E-state index in [0.29, 0.717) is 48.8 Å². The lowest BCUT2D eigenvalue weighted by Gasteiger charge is -2.20. The van der Waals surface area contributed by atoms with Crippen LogP contribution in [0.5, 0.6) is 11.5 Å². The van der Waals surface area contributed by atoms with Gasteiger partial charge in [-0.3, -0.25) is 14.6 Å². The highest BCUT2D eigenvalue weighted by Gasteiger charge is 2.22. The Bertz CT molecular complexity index is 1120. The first-order valence-electron chi connectivity index (χ1n) is 10.1. The van der Waals surface area contributed by atoms with Gasteiger partial charge in [0.2, 0.25) is 5.91 Å². The number of ether oxygens (including phenoxy) is 2. The van der Waals surface area contributed by atoms with Crippen molar-refractivity contribution in [3.8, 4) is 22.9 Å². The lowest BCUT2D eigenvalue weighted by atomic mass is 10.1. The number of carbonyl (C=O) groups is 1. The number of nitrogens with one attached hydrogen (secondary N) is 1. The highest BCUT2D eigenvalue weighted by Crippen LogP contribution is 2.23. The minimum Gasteiger partial charge on any atom is -0.497 e. The largest absolute Gasteiger partial charge is 0.497 e. The minimum atomic E-state index is -0.157. The molecule has 4 rings (SSSR count). The van der Waals surface area contributed by atoms with E-state index in [9.17, 15) is 9.59 Å². The maximum absolute atomic E-state index is 13.0. The van der Waals surface area contributed by atoms with E-state index in [1.807, 2.05) is 18.2 Å². The molecule has 0 spiro atoms. The van der Waals surface area contributed by atoms with Gasteiger partial charge in [-0.2, -0.15) is 0 Å². The van der Waals surface area contributed by atoms with Crippen LogP contribution in [0.25, 0.3) is 11.4 Å². The molecule has 8 heteroatoms. The van der Waals surface area contributed by atoms with Crippen LogP contribution < -0.4 is 15.0 Å². The van der Waals surface area contributed by atoms with E-state index in [1.54, 1.807) is 43.6 Å². The Hall–Kier alpha value is -3.68. The van der Waals surface area contributed by atoms with Crippen molar-refractivity contribution in [2.24, 2.45) is 0 Å². The molecule has 0 unspecified atom stereocenters. The second kappa shape index (κ2) is 8.99. The van der Waals surface area contributed by atoms with E-state index in [-0.39, 0.29) is 17.9 Å². The van der Waals surface area contributed by atoms with Crippen LogP contribution in [0.15, 0.2) is 47.5 Å². The molecule has 160 valence electrons. The van der Waals surface area contributed by atoms with Crippen molar-refractivity contribution in [2.45, 2.75) is 19.3 Å². The van der Waals surface area contributed by atoms with Gasteiger partial charge in [0.15, 0.2) is 0 Å². The van der Waals surface area contributed by atoms with Gasteiger partial charge in [0.05, 0.1) is 26.3 Å². The summed E-state index contributed by atoms with van der Waals surface area (Å²) in [4.78, 5) is 39.0. The van der Waals surface area contributed by atoms with E-state index < -0.39 is 0 Å². The topological polar surface area (TPSA) is 97.4 Å². The van der Waals surface area contributed by atoms with Gasteiger partial charge >= 0.3 is 0 Å². The molecule has 1 aliphatic heterocycles. The predicted octanol–water partition coefficient (Wildman–Crippen LogP) is 2.02. The predicted molar refractivity (Wildman–Crippen MR) is 115 cm³/mol. The monoisotopic (exact) mass is 420 g/mol. The lowest BCUT2D eigenvalue weighted by Crippen LogP contribution is -2.34. The summed E-state index contributed by atoms with van der Waals surface area (Å²) in [6.07, 6.45) is 4.57. The molecule has 1 amide bonds. The van der Waals surface area contributed by atoms with Crippen LogP contribution in [-0.4, -0.2) is 53.1 Å². The molecule has 0 radical (unpaired) electrons. The SMILES string of the molecule is COc1cc(CC(=O)N2CCc3nc(-c4cccnc4)[nH]c(=O)c3CC2)cc(OC)c1. The fraction of sp³-hybridized carbons (Fsp3) is 0.304. The van der Waals surface area contributed by atoms with E-state index in [4.69, 9.17) is 9.47 Å². The Balaban J connectivity index is 1.51. The van der Waals surface area contributed by atoms with Gasteiger partial charge in [0, 0.05) is 49.1 Å². The number of aromatic amines is 1. The number of carbonyl (C=O) groups excluding carboxylic acids is 1. The molecule has 1 N–H and O–H groups in total. The molecule has 8 nitrogen and oxygen atoms in total. The van der Waals surface area contributed by atoms with Gasteiger partial charge in [-0.1, -0.05) is 0 Å². The quantitative estimate of drug-likeness (QED) is 0.678. The summed E-state index contributed by atoms with van der Waals surface area (Å²) in [6, 6.07) is 9.09. The van der Waals surface area contributed by atoms with E-state index in [2.05, 4.69) is 15.0 Å². The molecule has 0 bridgehead atoms. The van der Waals surface area contributed by atoms with Gasteiger partial charge in [-0.05, 0) is 36.2 Å². The fourth-order valence-corrected chi connectivity index (χ4v) is 3.75. The van der Waals surface area contributed by atoms with Gasteiger partial charge in [0.25, 0.3) is 5.56 Å². The molecule has 3 aromatic rings.